The number of carbonyl (C=O) groups excluding carboxylic acids is 1. The Morgan fingerprint density at radius 3 is 2.80 bits per heavy atom. The van der Waals surface area contributed by atoms with Crippen LogP contribution in [0.4, 0.5) is 13.2 Å². The van der Waals surface area contributed by atoms with Crippen LogP contribution in [-0.4, -0.2) is 41.5 Å². The number of amides is 1. The maximum absolute atomic E-state index is 13.0. The Labute approximate surface area is 140 Å². The van der Waals surface area contributed by atoms with Crippen molar-refractivity contribution in [2.45, 2.75) is 25.1 Å². The molecule has 6 nitrogen and oxygen atoms in total. The predicted molar refractivity (Wildman–Crippen MR) is 78.2 cm³/mol. The molecule has 0 radical (unpaired) electrons. The van der Waals surface area contributed by atoms with Crippen LogP contribution in [-0.2, 0) is 0 Å². The molecule has 0 bridgehead atoms. The van der Waals surface area contributed by atoms with Crippen LogP contribution in [0.2, 0.25) is 0 Å². The lowest BCUT2D eigenvalue weighted by Gasteiger charge is -2.25. The minimum atomic E-state index is -4.45. The highest BCUT2D eigenvalue weighted by Gasteiger charge is 2.48. The summed E-state index contributed by atoms with van der Waals surface area (Å²) < 4.78 is 54.7. The summed E-state index contributed by atoms with van der Waals surface area (Å²) in [4.78, 5) is 13.2. The van der Waals surface area contributed by atoms with Gasteiger partial charge in [0, 0.05) is 18.2 Å². The zero-order chi connectivity index (χ0) is 17.6. The van der Waals surface area contributed by atoms with Crippen molar-refractivity contribution in [3.8, 4) is 22.8 Å². The normalized spacial score (nSPS) is 19.5. The van der Waals surface area contributed by atoms with E-state index in [4.69, 9.17) is 14.0 Å². The lowest BCUT2D eigenvalue weighted by atomic mass is 10.1. The molecule has 0 spiro atoms. The van der Waals surface area contributed by atoms with E-state index in [1.807, 2.05) is 0 Å². The summed E-state index contributed by atoms with van der Waals surface area (Å²) >= 11 is 0. The van der Waals surface area contributed by atoms with Crippen molar-refractivity contribution >= 4 is 5.91 Å². The Morgan fingerprint density at radius 2 is 2.00 bits per heavy atom. The highest BCUT2D eigenvalue weighted by atomic mass is 19.4. The van der Waals surface area contributed by atoms with Crippen LogP contribution in [0.3, 0.4) is 0 Å². The van der Waals surface area contributed by atoms with Gasteiger partial charge in [-0.05, 0) is 31.0 Å². The lowest BCUT2D eigenvalue weighted by molar-refractivity contribution is -0.169. The van der Waals surface area contributed by atoms with Crippen LogP contribution in [0.1, 0.15) is 23.3 Å². The van der Waals surface area contributed by atoms with Crippen LogP contribution < -0.4 is 9.47 Å². The molecule has 1 aromatic heterocycles. The van der Waals surface area contributed by atoms with Crippen LogP contribution in [0.5, 0.6) is 11.5 Å². The van der Waals surface area contributed by atoms with Gasteiger partial charge in [0.05, 0.1) is 0 Å². The average molecular weight is 354 g/mol. The smallest absolute Gasteiger partial charge is 0.408 e. The van der Waals surface area contributed by atoms with Crippen molar-refractivity contribution in [2.75, 3.05) is 13.3 Å². The summed E-state index contributed by atoms with van der Waals surface area (Å²) in [5.41, 5.74) is 0.438. The van der Waals surface area contributed by atoms with E-state index in [-0.39, 0.29) is 31.2 Å². The quantitative estimate of drug-likeness (QED) is 0.828. The van der Waals surface area contributed by atoms with Gasteiger partial charge in [-0.15, -0.1) is 0 Å². The van der Waals surface area contributed by atoms with Gasteiger partial charge in [-0.1, -0.05) is 5.16 Å². The number of hydrogen-bond acceptors (Lipinski definition) is 5. The summed E-state index contributed by atoms with van der Waals surface area (Å²) in [7, 11) is 0. The minimum Gasteiger partial charge on any atom is -0.454 e. The Balaban J connectivity index is 1.58. The van der Waals surface area contributed by atoms with Gasteiger partial charge >= 0.3 is 6.18 Å². The number of carbonyl (C=O) groups is 1. The van der Waals surface area contributed by atoms with Crippen LogP contribution in [0.25, 0.3) is 11.3 Å². The van der Waals surface area contributed by atoms with Gasteiger partial charge in [0.15, 0.2) is 23.0 Å². The molecule has 4 rings (SSSR count). The average Bonchev–Trinajstić information content (AvgIpc) is 3.30. The molecule has 1 atom stereocenters. The second-order valence-electron chi connectivity index (χ2n) is 5.84. The number of rotatable bonds is 2. The molecule has 2 aliphatic rings. The molecule has 0 unspecified atom stereocenters. The monoisotopic (exact) mass is 354 g/mol. The first-order valence-electron chi connectivity index (χ1n) is 7.68. The van der Waals surface area contributed by atoms with Crippen molar-refractivity contribution < 1.29 is 32.0 Å². The molecule has 3 heterocycles. The van der Waals surface area contributed by atoms with Crippen molar-refractivity contribution in [2.24, 2.45) is 0 Å². The van der Waals surface area contributed by atoms with Crippen molar-refractivity contribution in [1.29, 1.82) is 0 Å². The van der Waals surface area contributed by atoms with E-state index in [1.54, 1.807) is 18.2 Å². The van der Waals surface area contributed by atoms with Crippen molar-refractivity contribution in [3.63, 3.8) is 0 Å². The van der Waals surface area contributed by atoms with Crippen LogP contribution in [0.15, 0.2) is 28.8 Å². The number of halogens is 3. The fraction of sp³-hybridized carbons (Fsp3) is 0.375. The molecule has 1 amide bonds. The Hall–Kier alpha value is -2.71. The van der Waals surface area contributed by atoms with Gasteiger partial charge in [0.1, 0.15) is 6.04 Å². The lowest BCUT2D eigenvalue weighted by Crippen LogP contribution is -2.44. The summed E-state index contributed by atoms with van der Waals surface area (Å²) in [6, 6.07) is 4.60. The van der Waals surface area contributed by atoms with Gasteiger partial charge in [0.2, 0.25) is 6.79 Å². The molecule has 0 N–H and O–H groups in total. The number of alkyl halides is 3. The van der Waals surface area contributed by atoms with Crippen molar-refractivity contribution in [3.05, 3.63) is 30.0 Å². The fourth-order valence-corrected chi connectivity index (χ4v) is 3.06. The van der Waals surface area contributed by atoms with E-state index in [0.29, 0.717) is 23.5 Å². The highest BCUT2D eigenvalue weighted by Crippen LogP contribution is 2.37. The molecule has 0 saturated carbocycles. The Bertz CT molecular complexity index is 818. The molecule has 2 aliphatic heterocycles. The van der Waals surface area contributed by atoms with Crippen LogP contribution in [0, 0.1) is 0 Å². The summed E-state index contributed by atoms with van der Waals surface area (Å²) in [5.74, 6) is 0.600. The Kier molecular flexibility index (Phi) is 3.59. The van der Waals surface area contributed by atoms with Crippen LogP contribution >= 0.6 is 0 Å². The molecule has 2 aromatic rings. The number of fused-ring (bicyclic) bond motifs is 1. The first-order chi connectivity index (χ1) is 11.9. The fourth-order valence-electron chi connectivity index (χ4n) is 3.06. The molecule has 1 fully saturated rings. The number of nitrogens with zero attached hydrogens (tertiary/aromatic N) is 2. The molecular formula is C16H13F3N2O4. The molecule has 25 heavy (non-hydrogen) atoms. The van der Waals surface area contributed by atoms with E-state index in [0.717, 1.165) is 4.90 Å². The molecule has 1 aromatic carbocycles. The highest BCUT2D eigenvalue weighted by molar-refractivity contribution is 5.93. The van der Waals surface area contributed by atoms with Gasteiger partial charge in [0.25, 0.3) is 5.91 Å². The standard InChI is InChI=1S/C16H13F3N2O4/c17-16(18,19)14-2-1-5-21(14)15(22)10-7-12(25-20-10)9-3-4-11-13(6-9)24-8-23-11/h3-4,6-7,14H,1-2,5,8H2/t14-/m0/s1. The summed E-state index contributed by atoms with van der Waals surface area (Å²) in [6.07, 6.45) is -4.24. The van der Waals surface area contributed by atoms with Crippen molar-refractivity contribution in [1.82, 2.24) is 10.1 Å². The molecule has 132 valence electrons. The van der Waals surface area contributed by atoms with Gasteiger partial charge in [-0.2, -0.15) is 13.2 Å². The third kappa shape index (κ3) is 2.79. The van der Waals surface area contributed by atoms with Gasteiger partial charge < -0.3 is 18.9 Å². The van der Waals surface area contributed by atoms with E-state index in [9.17, 15) is 18.0 Å². The van der Waals surface area contributed by atoms with E-state index in [1.165, 1.54) is 6.07 Å². The molecule has 0 aliphatic carbocycles. The zero-order valence-corrected chi connectivity index (χ0v) is 12.9. The number of hydrogen-bond donors (Lipinski definition) is 0. The topological polar surface area (TPSA) is 64.8 Å². The minimum absolute atomic E-state index is 0.0508. The number of aromatic nitrogens is 1. The predicted octanol–water partition coefficient (Wildman–Crippen LogP) is 3.24. The van der Waals surface area contributed by atoms with E-state index in [2.05, 4.69) is 5.16 Å². The molecule has 1 saturated heterocycles. The molecule has 9 heteroatoms. The molecular weight excluding hydrogens is 341 g/mol. The maximum atomic E-state index is 13.0. The van der Waals surface area contributed by atoms with Gasteiger partial charge in [-0.3, -0.25) is 4.79 Å². The zero-order valence-electron chi connectivity index (χ0n) is 12.9. The van der Waals surface area contributed by atoms with E-state index < -0.39 is 18.1 Å². The van der Waals surface area contributed by atoms with E-state index >= 15 is 0 Å². The third-order valence-electron chi connectivity index (χ3n) is 4.28. The number of likely N-dealkylation sites (tertiary alicyclic amines) is 1. The Morgan fingerprint density at radius 1 is 1.20 bits per heavy atom. The maximum Gasteiger partial charge on any atom is 0.408 e. The first-order valence-corrected chi connectivity index (χ1v) is 7.68. The largest absolute Gasteiger partial charge is 0.454 e. The summed E-state index contributed by atoms with van der Waals surface area (Å²) in [6.45, 7) is 0.169. The SMILES string of the molecule is O=C(c1cc(-c2ccc3c(c2)OCO3)on1)N1CCC[C@H]1C(F)(F)F. The second kappa shape index (κ2) is 5.68. The second-order valence-corrected chi connectivity index (χ2v) is 5.84. The number of ether oxygens (including phenoxy) is 2. The third-order valence-corrected chi connectivity index (χ3v) is 4.28. The van der Waals surface area contributed by atoms with Gasteiger partial charge in [-0.25, -0.2) is 0 Å². The summed E-state index contributed by atoms with van der Waals surface area (Å²) in [5, 5.41) is 3.64. The number of benzene rings is 1. The first kappa shape index (κ1) is 15.8.